The zero-order valence-electron chi connectivity index (χ0n) is 10.3. The van der Waals surface area contributed by atoms with Gasteiger partial charge in [0.15, 0.2) is 0 Å². The molecule has 0 saturated carbocycles. The Balaban J connectivity index is 2.77. The molecule has 2 amide bonds. The summed E-state index contributed by atoms with van der Waals surface area (Å²) in [6, 6.07) is 8.34. The molecule has 0 unspecified atom stereocenters. The van der Waals surface area contributed by atoms with Crippen LogP contribution in [0.5, 0.6) is 0 Å². The lowest BCUT2D eigenvalue weighted by Gasteiger charge is -2.22. The quantitative estimate of drug-likeness (QED) is 0.924. The van der Waals surface area contributed by atoms with Crippen molar-refractivity contribution in [3.63, 3.8) is 0 Å². The minimum Gasteiger partial charge on any atom is -0.350 e. The smallest absolute Gasteiger partial charge is 0.350 e. The van der Waals surface area contributed by atoms with Crippen molar-refractivity contribution in [2.75, 3.05) is 4.31 Å². The lowest BCUT2D eigenvalue weighted by molar-refractivity contribution is -0.0436. The molecule has 0 aromatic heterocycles. The molecule has 112 valence electrons. The highest BCUT2D eigenvalue weighted by atomic mass is 32.2. The van der Waals surface area contributed by atoms with E-state index in [-0.39, 0.29) is 5.39 Å². The van der Waals surface area contributed by atoms with Gasteiger partial charge in [0.1, 0.15) is 0 Å². The van der Waals surface area contributed by atoms with Crippen molar-refractivity contribution in [1.82, 2.24) is 0 Å². The molecule has 0 heterocycles. The number of sulfonamides is 1. The van der Waals surface area contributed by atoms with Crippen LogP contribution in [0, 0.1) is 0 Å². The van der Waals surface area contributed by atoms with Gasteiger partial charge in [-0.2, -0.15) is 25.9 Å². The normalized spacial score (nSPS) is 12.3. The van der Waals surface area contributed by atoms with Gasteiger partial charge in [0.05, 0.1) is 5.69 Å². The van der Waals surface area contributed by atoms with Crippen LogP contribution in [0.2, 0.25) is 0 Å². The summed E-state index contributed by atoms with van der Waals surface area (Å²) in [6.07, 6.45) is 0. The van der Waals surface area contributed by atoms with Crippen LogP contribution in [0.1, 0.15) is 0 Å². The number of urea groups is 1. The molecule has 2 N–H and O–H groups in total. The number of alkyl halides is 3. The first-order valence-corrected chi connectivity index (χ1v) is 6.99. The minimum atomic E-state index is -5.92. The number of hydrogen-bond donors (Lipinski definition) is 1. The molecular weight excluding hydrogens is 309 g/mol. The number of primary amides is 1. The van der Waals surface area contributed by atoms with Crippen LogP contribution < -0.4 is 10.0 Å². The Morgan fingerprint density at radius 3 is 2.19 bits per heavy atom. The van der Waals surface area contributed by atoms with Crippen LogP contribution in [0.4, 0.5) is 23.7 Å². The van der Waals surface area contributed by atoms with E-state index < -0.39 is 31.6 Å². The number of hydrogen-bond acceptors (Lipinski definition) is 3. The summed E-state index contributed by atoms with van der Waals surface area (Å²) in [5.41, 5.74) is -1.24. The van der Waals surface area contributed by atoms with Crippen LogP contribution in [0.25, 0.3) is 10.8 Å². The Bertz CT molecular complexity index is 797. The summed E-state index contributed by atoms with van der Waals surface area (Å²) >= 11 is 0. The monoisotopic (exact) mass is 318 g/mol. The molecule has 0 atom stereocenters. The van der Waals surface area contributed by atoms with Crippen LogP contribution in [0.3, 0.4) is 0 Å². The van der Waals surface area contributed by atoms with E-state index in [1.54, 1.807) is 18.2 Å². The molecule has 0 aliphatic carbocycles. The van der Waals surface area contributed by atoms with E-state index in [1.165, 1.54) is 18.2 Å². The maximum absolute atomic E-state index is 12.7. The summed E-state index contributed by atoms with van der Waals surface area (Å²) in [4.78, 5) is 11.3. The topological polar surface area (TPSA) is 80.5 Å². The average molecular weight is 318 g/mol. The maximum Gasteiger partial charge on any atom is 0.517 e. The number of fused-ring (bicyclic) bond motifs is 1. The van der Waals surface area contributed by atoms with Crippen LogP contribution in [-0.4, -0.2) is 20.0 Å². The molecule has 2 aromatic rings. The fraction of sp³-hybridized carbons (Fsp3) is 0.0833. The van der Waals surface area contributed by atoms with Crippen LogP contribution in [0.15, 0.2) is 42.5 Å². The largest absolute Gasteiger partial charge is 0.517 e. The summed E-state index contributed by atoms with van der Waals surface area (Å²) in [5.74, 6) is 0. The van der Waals surface area contributed by atoms with Crippen molar-refractivity contribution in [3.8, 4) is 0 Å². The first kappa shape index (κ1) is 15.1. The molecule has 2 aromatic carbocycles. The van der Waals surface area contributed by atoms with Crippen molar-refractivity contribution >= 4 is 32.5 Å². The summed E-state index contributed by atoms with van der Waals surface area (Å²) < 4.78 is 60.7. The molecule has 0 aliphatic rings. The first-order valence-electron chi connectivity index (χ1n) is 5.55. The second-order valence-corrected chi connectivity index (χ2v) is 5.83. The van der Waals surface area contributed by atoms with E-state index in [2.05, 4.69) is 0 Å². The summed E-state index contributed by atoms with van der Waals surface area (Å²) in [6.45, 7) is 0. The standard InChI is InChI=1S/C12H9F3N2O3S/c13-12(14,15)21(19,20)17(11(16)18)10-7-3-5-8-4-1-2-6-9(8)10/h1-7H,(H2,16,18). The zero-order chi connectivity index (χ0) is 15.8. The third-order valence-corrected chi connectivity index (χ3v) is 4.16. The molecule has 0 fully saturated rings. The number of anilines is 1. The van der Waals surface area contributed by atoms with E-state index in [9.17, 15) is 26.4 Å². The third kappa shape index (κ3) is 2.51. The molecular formula is C12H9F3N2O3S. The number of carbonyl (C=O) groups is 1. The Morgan fingerprint density at radius 1 is 1.05 bits per heavy atom. The van der Waals surface area contributed by atoms with Gasteiger partial charge in [-0.1, -0.05) is 36.4 Å². The molecule has 0 radical (unpaired) electrons. The molecule has 0 saturated heterocycles. The highest BCUT2D eigenvalue weighted by Gasteiger charge is 2.52. The predicted molar refractivity (Wildman–Crippen MR) is 71.0 cm³/mol. The Labute approximate surface area is 117 Å². The highest BCUT2D eigenvalue weighted by Crippen LogP contribution is 2.34. The van der Waals surface area contributed by atoms with Gasteiger partial charge >= 0.3 is 21.6 Å². The van der Waals surface area contributed by atoms with Crippen molar-refractivity contribution in [1.29, 1.82) is 0 Å². The van der Waals surface area contributed by atoms with Crippen LogP contribution in [-0.2, 0) is 10.0 Å². The van der Waals surface area contributed by atoms with Crippen molar-refractivity contribution in [3.05, 3.63) is 42.5 Å². The molecule has 5 nitrogen and oxygen atoms in total. The molecule has 2 rings (SSSR count). The van der Waals surface area contributed by atoms with Gasteiger partial charge in [-0.15, -0.1) is 0 Å². The van der Waals surface area contributed by atoms with Gasteiger partial charge in [-0.3, -0.25) is 0 Å². The Kier molecular flexibility index (Phi) is 3.54. The van der Waals surface area contributed by atoms with Gasteiger partial charge in [0.2, 0.25) is 0 Å². The van der Waals surface area contributed by atoms with Gasteiger partial charge in [-0.25, -0.2) is 4.79 Å². The number of benzene rings is 2. The van der Waals surface area contributed by atoms with Crippen molar-refractivity contribution in [2.24, 2.45) is 5.73 Å². The fourth-order valence-electron chi connectivity index (χ4n) is 1.86. The van der Waals surface area contributed by atoms with E-state index in [0.29, 0.717) is 5.39 Å². The predicted octanol–water partition coefficient (Wildman–Crippen LogP) is 2.57. The van der Waals surface area contributed by atoms with Gasteiger partial charge in [0, 0.05) is 5.39 Å². The lowest BCUT2D eigenvalue weighted by atomic mass is 10.1. The van der Waals surface area contributed by atoms with E-state index >= 15 is 0 Å². The highest BCUT2D eigenvalue weighted by molar-refractivity contribution is 7.94. The minimum absolute atomic E-state index is 0.159. The van der Waals surface area contributed by atoms with E-state index in [0.717, 1.165) is 6.07 Å². The third-order valence-electron chi connectivity index (χ3n) is 2.72. The Hall–Kier alpha value is -2.29. The summed E-state index contributed by atoms with van der Waals surface area (Å²) in [7, 11) is -5.92. The lowest BCUT2D eigenvalue weighted by Crippen LogP contribution is -2.47. The second-order valence-electron chi connectivity index (χ2n) is 4.05. The van der Waals surface area contributed by atoms with Gasteiger partial charge in [0.25, 0.3) is 0 Å². The number of halogens is 3. The van der Waals surface area contributed by atoms with Crippen molar-refractivity contribution in [2.45, 2.75) is 5.51 Å². The van der Waals surface area contributed by atoms with Gasteiger partial charge in [-0.05, 0) is 11.5 Å². The average Bonchev–Trinajstić information content (AvgIpc) is 2.37. The molecule has 0 aliphatic heterocycles. The number of nitrogens with two attached hydrogens (primary N) is 1. The Morgan fingerprint density at radius 2 is 1.62 bits per heavy atom. The second kappa shape index (κ2) is 4.92. The number of rotatable bonds is 2. The SMILES string of the molecule is NC(=O)N(c1cccc2ccccc12)S(=O)(=O)C(F)(F)F. The number of carbonyl (C=O) groups excluding carboxylic acids is 1. The maximum atomic E-state index is 12.7. The molecule has 0 spiro atoms. The molecule has 0 bridgehead atoms. The van der Waals surface area contributed by atoms with E-state index in [1.807, 2.05) is 0 Å². The van der Waals surface area contributed by atoms with Gasteiger partial charge < -0.3 is 5.73 Å². The molecule has 9 heteroatoms. The molecule has 21 heavy (non-hydrogen) atoms. The van der Waals surface area contributed by atoms with E-state index in [4.69, 9.17) is 5.73 Å². The van der Waals surface area contributed by atoms with Crippen molar-refractivity contribution < 1.29 is 26.4 Å². The zero-order valence-corrected chi connectivity index (χ0v) is 11.1. The number of nitrogens with zero attached hydrogens (tertiary/aromatic N) is 1. The number of amides is 2. The fourth-order valence-corrected chi connectivity index (χ4v) is 2.72. The summed E-state index contributed by atoms with van der Waals surface area (Å²) in [5, 5.41) is 0.630. The first-order chi connectivity index (χ1) is 9.66. The van der Waals surface area contributed by atoms with Crippen LogP contribution >= 0.6 is 0 Å².